The Morgan fingerprint density at radius 3 is 2.76 bits per heavy atom. The Bertz CT molecular complexity index is 564. The minimum absolute atomic E-state index is 0.0801. The van der Waals surface area contributed by atoms with Crippen LogP contribution in [0.15, 0.2) is 18.2 Å². The van der Waals surface area contributed by atoms with Crippen molar-refractivity contribution in [3.05, 3.63) is 34.1 Å². The minimum Gasteiger partial charge on any atom is -0.490 e. The molecule has 0 aliphatic carbocycles. The molecule has 1 aromatic heterocycles. The maximum atomic E-state index is 10.7. The number of aromatic nitrogens is 3. The number of nitrogens with one attached hydrogen (secondary N) is 1. The van der Waals surface area contributed by atoms with E-state index in [1.807, 2.05) is 0 Å². The standard InChI is InChI=1S/C10H10N4O3/c1-6-11-10(13-12-6)7-3-4-8(14(15)16)9(5-7)17-2/h3-5H,1-2H3,(H,11,12,13). The highest BCUT2D eigenvalue weighted by molar-refractivity contribution is 5.62. The van der Waals surface area contributed by atoms with E-state index in [2.05, 4.69) is 15.2 Å². The first-order chi connectivity index (χ1) is 8.11. The molecule has 0 atom stereocenters. The molecule has 0 bridgehead atoms. The summed E-state index contributed by atoms with van der Waals surface area (Å²) in [5.41, 5.74) is 0.584. The third-order valence-electron chi connectivity index (χ3n) is 2.23. The van der Waals surface area contributed by atoms with Crippen LogP contribution in [-0.2, 0) is 0 Å². The van der Waals surface area contributed by atoms with E-state index in [9.17, 15) is 10.1 Å². The molecule has 0 fully saturated rings. The number of nitrogens with zero attached hydrogens (tertiary/aromatic N) is 3. The summed E-state index contributed by atoms with van der Waals surface area (Å²) in [6, 6.07) is 4.50. The first-order valence-corrected chi connectivity index (χ1v) is 4.83. The molecule has 2 aromatic rings. The number of hydrogen-bond acceptors (Lipinski definition) is 5. The molecule has 7 nitrogen and oxygen atoms in total. The fourth-order valence-electron chi connectivity index (χ4n) is 1.44. The van der Waals surface area contributed by atoms with Crippen LogP contribution in [0.4, 0.5) is 5.69 Å². The zero-order chi connectivity index (χ0) is 12.4. The maximum Gasteiger partial charge on any atom is 0.310 e. The second kappa shape index (κ2) is 4.20. The van der Waals surface area contributed by atoms with Crippen LogP contribution in [0.5, 0.6) is 5.75 Å². The van der Waals surface area contributed by atoms with Crippen LogP contribution in [0.1, 0.15) is 5.82 Å². The zero-order valence-corrected chi connectivity index (χ0v) is 9.30. The number of nitro benzene ring substituents is 1. The molecular weight excluding hydrogens is 224 g/mol. The van der Waals surface area contributed by atoms with E-state index in [1.165, 1.54) is 13.2 Å². The summed E-state index contributed by atoms with van der Waals surface area (Å²) >= 11 is 0. The van der Waals surface area contributed by atoms with E-state index in [4.69, 9.17) is 4.74 Å². The predicted octanol–water partition coefficient (Wildman–Crippen LogP) is 1.70. The lowest BCUT2D eigenvalue weighted by atomic mass is 10.2. The molecule has 0 spiro atoms. The van der Waals surface area contributed by atoms with Crippen LogP contribution in [0.25, 0.3) is 11.4 Å². The number of nitro groups is 1. The molecular formula is C10H10N4O3. The van der Waals surface area contributed by atoms with E-state index in [0.717, 1.165) is 0 Å². The van der Waals surface area contributed by atoms with E-state index in [-0.39, 0.29) is 11.4 Å². The lowest BCUT2D eigenvalue weighted by molar-refractivity contribution is -0.385. The summed E-state index contributed by atoms with van der Waals surface area (Å²) in [4.78, 5) is 14.4. The van der Waals surface area contributed by atoms with Gasteiger partial charge in [0.2, 0.25) is 0 Å². The summed E-state index contributed by atoms with van der Waals surface area (Å²) in [7, 11) is 1.38. The van der Waals surface area contributed by atoms with Gasteiger partial charge in [-0.1, -0.05) is 0 Å². The number of ether oxygens (including phenoxy) is 1. The highest BCUT2D eigenvalue weighted by Gasteiger charge is 2.16. The van der Waals surface area contributed by atoms with E-state index >= 15 is 0 Å². The molecule has 2 rings (SSSR count). The number of H-pyrrole nitrogens is 1. The lowest BCUT2D eigenvalue weighted by Gasteiger charge is -2.02. The second-order valence-electron chi connectivity index (χ2n) is 3.39. The molecule has 88 valence electrons. The fourth-order valence-corrected chi connectivity index (χ4v) is 1.44. The highest BCUT2D eigenvalue weighted by atomic mass is 16.6. The van der Waals surface area contributed by atoms with Gasteiger partial charge in [-0.3, -0.25) is 15.2 Å². The quantitative estimate of drug-likeness (QED) is 0.644. The van der Waals surface area contributed by atoms with Crippen molar-refractivity contribution in [3.63, 3.8) is 0 Å². The van der Waals surface area contributed by atoms with Crippen molar-refractivity contribution in [1.29, 1.82) is 0 Å². The van der Waals surface area contributed by atoms with Gasteiger partial charge < -0.3 is 4.74 Å². The largest absolute Gasteiger partial charge is 0.490 e. The van der Waals surface area contributed by atoms with Crippen molar-refractivity contribution >= 4 is 5.69 Å². The number of methoxy groups -OCH3 is 1. The monoisotopic (exact) mass is 234 g/mol. The van der Waals surface area contributed by atoms with Crippen molar-refractivity contribution < 1.29 is 9.66 Å². The van der Waals surface area contributed by atoms with Gasteiger partial charge in [0, 0.05) is 11.6 Å². The van der Waals surface area contributed by atoms with Gasteiger partial charge in [0.1, 0.15) is 5.82 Å². The normalized spacial score (nSPS) is 10.2. The fraction of sp³-hybridized carbons (Fsp3) is 0.200. The van der Waals surface area contributed by atoms with Crippen molar-refractivity contribution in [1.82, 2.24) is 15.2 Å². The maximum absolute atomic E-state index is 10.7. The molecule has 1 aromatic carbocycles. The van der Waals surface area contributed by atoms with Crippen LogP contribution >= 0.6 is 0 Å². The molecule has 0 unspecified atom stereocenters. The Morgan fingerprint density at radius 2 is 2.24 bits per heavy atom. The third kappa shape index (κ3) is 2.07. The average molecular weight is 234 g/mol. The Labute approximate surface area is 96.6 Å². The Balaban J connectivity index is 2.48. The number of benzene rings is 1. The summed E-state index contributed by atoms with van der Waals surface area (Å²) in [5.74, 6) is 1.35. The van der Waals surface area contributed by atoms with Gasteiger partial charge in [-0.2, -0.15) is 5.10 Å². The van der Waals surface area contributed by atoms with Crippen LogP contribution < -0.4 is 4.74 Å². The van der Waals surface area contributed by atoms with Crippen molar-refractivity contribution in [3.8, 4) is 17.1 Å². The Kier molecular flexibility index (Phi) is 2.73. The third-order valence-corrected chi connectivity index (χ3v) is 2.23. The smallest absolute Gasteiger partial charge is 0.310 e. The van der Waals surface area contributed by atoms with Gasteiger partial charge in [0.15, 0.2) is 11.6 Å². The topological polar surface area (TPSA) is 93.9 Å². The summed E-state index contributed by atoms with van der Waals surface area (Å²) < 4.78 is 4.97. The molecule has 0 aliphatic heterocycles. The molecule has 7 heteroatoms. The van der Waals surface area contributed by atoms with Gasteiger partial charge >= 0.3 is 5.69 Å². The molecule has 0 radical (unpaired) electrons. The van der Waals surface area contributed by atoms with Crippen LogP contribution in [0, 0.1) is 17.0 Å². The van der Waals surface area contributed by atoms with E-state index in [1.54, 1.807) is 19.1 Å². The molecule has 0 amide bonds. The van der Waals surface area contributed by atoms with Crippen LogP contribution in [0.2, 0.25) is 0 Å². The number of aryl methyl sites for hydroxylation is 1. The number of rotatable bonds is 3. The minimum atomic E-state index is -0.494. The average Bonchev–Trinajstić information content (AvgIpc) is 2.75. The lowest BCUT2D eigenvalue weighted by Crippen LogP contribution is -1.94. The summed E-state index contributed by atoms with van der Waals surface area (Å²) in [5, 5.41) is 17.4. The summed E-state index contributed by atoms with van der Waals surface area (Å²) in [6.45, 7) is 1.78. The number of hydrogen-bond donors (Lipinski definition) is 1. The van der Waals surface area contributed by atoms with Gasteiger partial charge in [-0.15, -0.1) is 0 Å². The zero-order valence-electron chi connectivity index (χ0n) is 9.30. The molecule has 17 heavy (non-hydrogen) atoms. The molecule has 0 aliphatic rings. The first-order valence-electron chi connectivity index (χ1n) is 4.83. The predicted molar refractivity (Wildman–Crippen MR) is 59.8 cm³/mol. The van der Waals surface area contributed by atoms with Crippen molar-refractivity contribution in [2.45, 2.75) is 6.92 Å². The SMILES string of the molecule is COc1cc(-c2n[nH]c(C)n2)ccc1[N+](=O)[O-]. The van der Waals surface area contributed by atoms with Gasteiger partial charge in [0.05, 0.1) is 12.0 Å². The molecule has 1 N–H and O–H groups in total. The van der Waals surface area contributed by atoms with Crippen molar-refractivity contribution in [2.75, 3.05) is 7.11 Å². The van der Waals surface area contributed by atoms with Gasteiger partial charge in [-0.05, 0) is 19.1 Å². The Hall–Kier alpha value is -2.44. The van der Waals surface area contributed by atoms with Gasteiger partial charge in [-0.25, -0.2) is 4.98 Å². The molecule has 0 saturated heterocycles. The first kappa shape index (κ1) is 11.1. The van der Waals surface area contributed by atoms with E-state index in [0.29, 0.717) is 17.2 Å². The van der Waals surface area contributed by atoms with Crippen LogP contribution in [-0.4, -0.2) is 27.2 Å². The van der Waals surface area contributed by atoms with E-state index < -0.39 is 4.92 Å². The van der Waals surface area contributed by atoms with Gasteiger partial charge in [0.25, 0.3) is 0 Å². The second-order valence-corrected chi connectivity index (χ2v) is 3.39. The van der Waals surface area contributed by atoms with Crippen molar-refractivity contribution in [2.24, 2.45) is 0 Å². The molecule has 1 heterocycles. The van der Waals surface area contributed by atoms with Crippen LogP contribution in [0.3, 0.4) is 0 Å². The number of aromatic amines is 1. The highest BCUT2D eigenvalue weighted by Crippen LogP contribution is 2.30. The summed E-state index contributed by atoms with van der Waals surface area (Å²) in [6.07, 6.45) is 0. The molecule has 0 saturated carbocycles. The Morgan fingerprint density at radius 1 is 1.47 bits per heavy atom.